The van der Waals surface area contributed by atoms with Gasteiger partial charge < -0.3 is 5.32 Å². The fourth-order valence-electron chi connectivity index (χ4n) is 2.96. The summed E-state index contributed by atoms with van der Waals surface area (Å²) in [5.74, 6) is -0.666. The molecule has 152 valence electrons. The van der Waals surface area contributed by atoms with Crippen molar-refractivity contribution in [2.75, 3.05) is 11.1 Å². The molecule has 2 heterocycles. The number of halogens is 2. The summed E-state index contributed by atoms with van der Waals surface area (Å²) < 4.78 is 15.1. The minimum absolute atomic E-state index is 0.101. The highest BCUT2D eigenvalue weighted by Crippen LogP contribution is 2.28. The van der Waals surface area contributed by atoms with Gasteiger partial charge in [0.1, 0.15) is 10.8 Å². The zero-order valence-corrected chi connectivity index (χ0v) is 17.9. The third-order valence-electron chi connectivity index (χ3n) is 4.70. The Morgan fingerprint density at radius 3 is 2.80 bits per heavy atom. The maximum Gasteiger partial charge on any atom is 0.234 e. The lowest BCUT2D eigenvalue weighted by molar-refractivity contribution is -0.113. The van der Waals surface area contributed by atoms with E-state index < -0.39 is 5.82 Å². The van der Waals surface area contributed by atoms with Gasteiger partial charge in [-0.3, -0.25) is 4.79 Å². The molecule has 0 fully saturated rings. The van der Waals surface area contributed by atoms with Crippen LogP contribution in [0.5, 0.6) is 0 Å². The SMILES string of the molecule is Cc1ccc(-c2cc3c(SCC(=O)Nc4cc(F)ccc4Cl)nccn3n2)cc1C. The van der Waals surface area contributed by atoms with Gasteiger partial charge in [0.25, 0.3) is 0 Å². The highest BCUT2D eigenvalue weighted by molar-refractivity contribution is 8.00. The number of rotatable bonds is 5. The van der Waals surface area contributed by atoms with Gasteiger partial charge in [-0.1, -0.05) is 35.5 Å². The first-order valence-corrected chi connectivity index (χ1v) is 10.6. The van der Waals surface area contributed by atoms with Crippen LogP contribution in [0.3, 0.4) is 0 Å². The lowest BCUT2D eigenvalue weighted by Crippen LogP contribution is -2.14. The van der Waals surface area contributed by atoms with E-state index in [1.54, 1.807) is 16.9 Å². The third kappa shape index (κ3) is 4.32. The first-order valence-electron chi connectivity index (χ1n) is 9.20. The van der Waals surface area contributed by atoms with Crippen molar-refractivity contribution in [3.63, 3.8) is 0 Å². The first-order chi connectivity index (χ1) is 14.4. The Morgan fingerprint density at radius 1 is 1.17 bits per heavy atom. The van der Waals surface area contributed by atoms with E-state index in [1.807, 2.05) is 12.1 Å². The van der Waals surface area contributed by atoms with E-state index in [9.17, 15) is 9.18 Å². The molecule has 0 unspecified atom stereocenters. The molecular weight excluding hydrogens is 423 g/mol. The molecule has 0 radical (unpaired) electrons. The lowest BCUT2D eigenvalue weighted by Gasteiger charge is -2.07. The molecule has 0 atom stereocenters. The van der Waals surface area contributed by atoms with Gasteiger partial charge in [0.05, 0.1) is 27.7 Å². The predicted molar refractivity (Wildman–Crippen MR) is 119 cm³/mol. The third-order valence-corrected chi connectivity index (χ3v) is 6.02. The van der Waals surface area contributed by atoms with Crippen LogP contribution in [0.4, 0.5) is 10.1 Å². The molecule has 0 bridgehead atoms. The number of thioether (sulfide) groups is 1. The molecule has 0 aliphatic heterocycles. The van der Waals surface area contributed by atoms with Gasteiger partial charge in [-0.2, -0.15) is 5.10 Å². The predicted octanol–water partition coefficient (Wildman–Crippen LogP) is 5.54. The van der Waals surface area contributed by atoms with Crippen molar-refractivity contribution >= 4 is 40.5 Å². The molecule has 30 heavy (non-hydrogen) atoms. The Balaban J connectivity index is 1.53. The van der Waals surface area contributed by atoms with Gasteiger partial charge in [0, 0.05) is 18.0 Å². The summed E-state index contributed by atoms with van der Waals surface area (Å²) in [6.45, 7) is 4.14. The van der Waals surface area contributed by atoms with Crippen LogP contribution in [0.25, 0.3) is 16.8 Å². The van der Waals surface area contributed by atoms with E-state index in [0.717, 1.165) is 16.8 Å². The second kappa shape index (κ2) is 8.45. The van der Waals surface area contributed by atoms with Crippen LogP contribution in [0.15, 0.2) is 59.9 Å². The number of anilines is 1. The summed E-state index contributed by atoms with van der Waals surface area (Å²) in [5, 5.41) is 8.23. The standard InChI is InChI=1S/C22H18ClFN4OS/c1-13-3-4-15(9-14(13)2)18-11-20-22(25-7-8-28(20)27-18)30-12-21(29)26-19-10-16(24)5-6-17(19)23/h3-11H,12H2,1-2H3,(H,26,29). The average Bonchev–Trinajstić information content (AvgIpc) is 3.16. The van der Waals surface area contributed by atoms with Crippen molar-refractivity contribution in [1.82, 2.24) is 14.6 Å². The molecule has 8 heteroatoms. The van der Waals surface area contributed by atoms with Crippen LogP contribution in [-0.4, -0.2) is 26.3 Å². The average molecular weight is 441 g/mol. The maximum absolute atomic E-state index is 13.4. The van der Waals surface area contributed by atoms with E-state index >= 15 is 0 Å². The van der Waals surface area contributed by atoms with Crippen molar-refractivity contribution in [3.05, 3.63) is 76.8 Å². The number of amides is 1. The number of hydrogen-bond donors (Lipinski definition) is 1. The van der Waals surface area contributed by atoms with Crippen LogP contribution in [0.2, 0.25) is 5.02 Å². The Bertz CT molecular complexity index is 1260. The number of carbonyl (C=O) groups excluding carboxylic acids is 1. The zero-order chi connectivity index (χ0) is 21.3. The summed E-state index contributed by atoms with van der Waals surface area (Å²) in [5.41, 5.74) is 5.34. The number of benzene rings is 2. The van der Waals surface area contributed by atoms with Crippen molar-refractivity contribution < 1.29 is 9.18 Å². The topological polar surface area (TPSA) is 59.3 Å². The summed E-state index contributed by atoms with van der Waals surface area (Å²) in [6, 6.07) is 12.0. The quantitative estimate of drug-likeness (QED) is 0.414. The van der Waals surface area contributed by atoms with Crippen LogP contribution < -0.4 is 5.32 Å². The Morgan fingerprint density at radius 2 is 2.00 bits per heavy atom. The monoisotopic (exact) mass is 440 g/mol. The second-order valence-electron chi connectivity index (χ2n) is 6.85. The van der Waals surface area contributed by atoms with Gasteiger partial charge in [-0.15, -0.1) is 0 Å². The molecule has 4 rings (SSSR count). The van der Waals surface area contributed by atoms with Crippen LogP contribution in [-0.2, 0) is 4.79 Å². The second-order valence-corrected chi connectivity index (χ2v) is 8.22. The number of aryl methyl sites for hydroxylation is 2. The molecule has 4 aromatic rings. The van der Waals surface area contributed by atoms with Gasteiger partial charge in [-0.05, 0) is 55.3 Å². The summed E-state index contributed by atoms with van der Waals surface area (Å²) in [4.78, 5) is 16.7. The zero-order valence-electron chi connectivity index (χ0n) is 16.3. The number of nitrogens with one attached hydrogen (secondary N) is 1. The molecule has 5 nitrogen and oxygen atoms in total. The van der Waals surface area contributed by atoms with E-state index in [4.69, 9.17) is 11.6 Å². The van der Waals surface area contributed by atoms with Crippen LogP contribution in [0, 0.1) is 19.7 Å². The molecule has 0 aliphatic rings. The van der Waals surface area contributed by atoms with Crippen molar-refractivity contribution in [2.24, 2.45) is 0 Å². The molecule has 1 N–H and O–H groups in total. The number of nitrogens with zero attached hydrogens (tertiary/aromatic N) is 3. The summed E-state index contributed by atoms with van der Waals surface area (Å²) in [7, 11) is 0. The fraction of sp³-hybridized carbons (Fsp3) is 0.136. The molecule has 0 spiro atoms. The molecular formula is C22H18ClFN4OS. The van der Waals surface area contributed by atoms with E-state index in [2.05, 4.69) is 41.4 Å². The van der Waals surface area contributed by atoms with Crippen molar-refractivity contribution in [3.8, 4) is 11.3 Å². The smallest absolute Gasteiger partial charge is 0.234 e. The highest BCUT2D eigenvalue weighted by Gasteiger charge is 2.13. The lowest BCUT2D eigenvalue weighted by atomic mass is 10.0. The summed E-state index contributed by atoms with van der Waals surface area (Å²) >= 11 is 7.29. The van der Waals surface area contributed by atoms with Gasteiger partial charge in [0.2, 0.25) is 5.91 Å². The van der Waals surface area contributed by atoms with Gasteiger partial charge in [-0.25, -0.2) is 13.9 Å². The largest absolute Gasteiger partial charge is 0.324 e. The van der Waals surface area contributed by atoms with Gasteiger partial charge >= 0.3 is 0 Å². The Kier molecular flexibility index (Phi) is 5.74. The number of aromatic nitrogens is 3. The molecule has 0 saturated heterocycles. The number of carbonyl (C=O) groups is 1. The van der Waals surface area contributed by atoms with Crippen LogP contribution >= 0.6 is 23.4 Å². The fourth-order valence-corrected chi connectivity index (χ4v) is 3.91. The molecule has 0 aliphatic carbocycles. The summed E-state index contributed by atoms with van der Waals surface area (Å²) in [6.07, 6.45) is 3.42. The number of hydrogen-bond acceptors (Lipinski definition) is 4. The molecule has 2 aromatic carbocycles. The minimum atomic E-state index is -0.466. The van der Waals surface area contributed by atoms with Crippen molar-refractivity contribution in [2.45, 2.75) is 18.9 Å². The van der Waals surface area contributed by atoms with E-state index in [0.29, 0.717) is 5.03 Å². The van der Waals surface area contributed by atoms with Crippen LogP contribution in [0.1, 0.15) is 11.1 Å². The van der Waals surface area contributed by atoms with Gasteiger partial charge in [0.15, 0.2) is 0 Å². The first kappa shape index (κ1) is 20.4. The maximum atomic E-state index is 13.4. The molecule has 2 aromatic heterocycles. The Hall–Kier alpha value is -2.90. The molecule has 0 saturated carbocycles. The minimum Gasteiger partial charge on any atom is -0.324 e. The normalized spacial score (nSPS) is 11.1. The Labute approximate surface area is 182 Å². The van der Waals surface area contributed by atoms with Crippen molar-refractivity contribution in [1.29, 1.82) is 0 Å². The number of fused-ring (bicyclic) bond motifs is 1. The van der Waals surface area contributed by atoms with E-state index in [1.165, 1.54) is 41.1 Å². The van der Waals surface area contributed by atoms with E-state index in [-0.39, 0.29) is 22.4 Å². The molecule has 1 amide bonds. The highest BCUT2D eigenvalue weighted by atomic mass is 35.5.